The first-order valence-electron chi connectivity index (χ1n) is 6.70. The highest BCUT2D eigenvalue weighted by atomic mass is 16.5. The van der Waals surface area contributed by atoms with Gasteiger partial charge in [0.2, 0.25) is 5.91 Å². The number of carbonyl (C=O) groups is 1. The van der Waals surface area contributed by atoms with Crippen molar-refractivity contribution >= 4 is 5.91 Å². The Bertz CT molecular complexity index is 227. The molecule has 100 valence electrons. The molecule has 0 saturated heterocycles. The van der Waals surface area contributed by atoms with E-state index in [1.54, 1.807) is 0 Å². The first kappa shape index (κ1) is 14.5. The van der Waals surface area contributed by atoms with Gasteiger partial charge in [-0.1, -0.05) is 13.8 Å². The van der Waals surface area contributed by atoms with E-state index in [0.717, 1.165) is 32.0 Å². The third kappa shape index (κ3) is 7.34. The first-order valence-corrected chi connectivity index (χ1v) is 6.70. The number of ether oxygens (including phenoxy) is 1. The van der Waals surface area contributed by atoms with Gasteiger partial charge in [-0.3, -0.25) is 4.79 Å². The number of nitrogens with one attached hydrogen (secondary N) is 1. The van der Waals surface area contributed by atoms with Gasteiger partial charge in [-0.25, -0.2) is 0 Å². The van der Waals surface area contributed by atoms with E-state index in [4.69, 9.17) is 10.5 Å². The Balaban J connectivity index is 1.91. The second-order valence-corrected chi connectivity index (χ2v) is 5.40. The summed E-state index contributed by atoms with van der Waals surface area (Å²) in [6, 6.07) is -0.373. The summed E-state index contributed by atoms with van der Waals surface area (Å²) in [5, 5.41) is 2.85. The molecule has 0 heterocycles. The molecule has 0 spiro atoms. The molecule has 0 aromatic carbocycles. The molecule has 4 nitrogen and oxygen atoms in total. The van der Waals surface area contributed by atoms with Crippen LogP contribution in [-0.2, 0) is 9.53 Å². The van der Waals surface area contributed by atoms with E-state index in [-0.39, 0.29) is 11.9 Å². The van der Waals surface area contributed by atoms with Crippen LogP contribution in [0.1, 0.15) is 39.5 Å². The van der Waals surface area contributed by atoms with E-state index in [1.165, 1.54) is 12.8 Å². The first-order chi connectivity index (χ1) is 8.09. The normalized spacial score (nSPS) is 17.2. The van der Waals surface area contributed by atoms with Crippen molar-refractivity contribution in [2.75, 3.05) is 19.8 Å². The molecule has 4 heteroatoms. The molecule has 0 radical (unpaired) electrons. The Morgan fingerprint density at radius 2 is 2.18 bits per heavy atom. The smallest absolute Gasteiger partial charge is 0.236 e. The molecule has 1 rings (SSSR count). The average molecular weight is 242 g/mol. The minimum absolute atomic E-state index is 0.0408. The number of hydrogen-bond acceptors (Lipinski definition) is 3. The van der Waals surface area contributed by atoms with Crippen molar-refractivity contribution in [3.05, 3.63) is 0 Å². The largest absolute Gasteiger partial charge is 0.381 e. The van der Waals surface area contributed by atoms with Crippen molar-refractivity contribution < 1.29 is 9.53 Å². The zero-order valence-corrected chi connectivity index (χ0v) is 11.1. The molecular weight excluding hydrogens is 216 g/mol. The standard InChI is InChI=1S/C13H26N2O2/c1-10(2)8-12(14)13(16)15-6-3-7-17-9-11-4-5-11/h10-12H,3-9,14H2,1-2H3,(H,15,16). The topological polar surface area (TPSA) is 64.4 Å². The van der Waals surface area contributed by atoms with Crippen LogP contribution in [0.4, 0.5) is 0 Å². The van der Waals surface area contributed by atoms with Gasteiger partial charge in [0.1, 0.15) is 0 Å². The number of rotatable bonds is 9. The van der Waals surface area contributed by atoms with E-state index in [2.05, 4.69) is 19.2 Å². The van der Waals surface area contributed by atoms with Gasteiger partial charge in [0.25, 0.3) is 0 Å². The van der Waals surface area contributed by atoms with Crippen LogP contribution in [0.5, 0.6) is 0 Å². The summed E-state index contributed by atoms with van der Waals surface area (Å²) in [6.07, 6.45) is 4.25. The van der Waals surface area contributed by atoms with Crippen LogP contribution >= 0.6 is 0 Å². The molecule has 1 unspecified atom stereocenters. The lowest BCUT2D eigenvalue weighted by Gasteiger charge is -2.14. The van der Waals surface area contributed by atoms with E-state index in [9.17, 15) is 4.79 Å². The Labute approximate surface area is 104 Å². The molecular formula is C13H26N2O2. The number of hydrogen-bond donors (Lipinski definition) is 2. The molecule has 1 saturated carbocycles. The summed E-state index contributed by atoms with van der Waals surface area (Å²) in [5.74, 6) is 1.22. The lowest BCUT2D eigenvalue weighted by atomic mass is 10.0. The molecule has 0 aliphatic heterocycles. The summed E-state index contributed by atoms with van der Waals surface area (Å²) in [4.78, 5) is 11.6. The van der Waals surface area contributed by atoms with Crippen molar-refractivity contribution in [2.45, 2.75) is 45.6 Å². The number of nitrogens with two attached hydrogens (primary N) is 1. The maximum absolute atomic E-state index is 11.6. The monoisotopic (exact) mass is 242 g/mol. The zero-order valence-electron chi connectivity index (χ0n) is 11.1. The van der Waals surface area contributed by atoms with Gasteiger partial charge < -0.3 is 15.8 Å². The Hall–Kier alpha value is -0.610. The number of amides is 1. The van der Waals surface area contributed by atoms with Gasteiger partial charge in [-0.05, 0) is 37.5 Å². The van der Waals surface area contributed by atoms with Crippen LogP contribution in [0.15, 0.2) is 0 Å². The molecule has 0 aromatic rings. The highest BCUT2D eigenvalue weighted by Gasteiger charge is 2.20. The van der Waals surface area contributed by atoms with Crippen molar-refractivity contribution in [2.24, 2.45) is 17.6 Å². The fourth-order valence-corrected chi connectivity index (χ4v) is 1.67. The Kier molecular flexibility index (Phi) is 6.52. The minimum Gasteiger partial charge on any atom is -0.381 e. The predicted molar refractivity (Wildman–Crippen MR) is 68.6 cm³/mol. The number of carbonyl (C=O) groups excluding carboxylic acids is 1. The van der Waals surface area contributed by atoms with Gasteiger partial charge >= 0.3 is 0 Å². The van der Waals surface area contributed by atoms with Crippen molar-refractivity contribution in [1.82, 2.24) is 5.32 Å². The lowest BCUT2D eigenvalue weighted by molar-refractivity contribution is -0.122. The molecule has 17 heavy (non-hydrogen) atoms. The SMILES string of the molecule is CC(C)CC(N)C(=O)NCCCOCC1CC1. The predicted octanol–water partition coefficient (Wildman–Crippen LogP) is 1.29. The summed E-state index contributed by atoms with van der Waals surface area (Å²) in [5.41, 5.74) is 5.76. The zero-order chi connectivity index (χ0) is 12.7. The summed E-state index contributed by atoms with van der Waals surface area (Å²) >= 11 is 0. The van der Waals surface area contributed by atoms with Crippen LogP contribution in [0.3, 0.4) is 0 Å². The second-order valence-electron chi connectivity index (χ2n) is 5.40. The lowest BCUT2D eigenvalue weighted by Crippen LogP contribution is -2.41. The van der Waals surface area contributed by atoms with Gasteiger partial charge in [0, 0.05) is 19.8 Å². The van der Waals surface area contributed by atoms with Crippen LogP contribution in [0.2, 0.25) is 0 Å². The maximum atomic E-state index is 11.6. The van der Waals surface area contributed by atoms with Gasteiger partial charge in [0.15, 0.2) is 0 Å². The third-order valence-corrected chi connectivity index (χ3v) is 2.88. The summed E-state index contributed by atoms with van der Waals surface area (Å²) in [7, 11) is 0. The highest BCUT2D eigenvalue weighted by molar-refractivity contribution is 5.81. The average Bonchev–Trinajstić information content (AvgIpc) is 3.05. The fourth-order valence-electron chi connectivity index (χ4n) is 1.67. The van der Waals surface area contributed by atoms with E-state index in [1.807, 2.05) is 0 Å². The van der Waals surface area contributed by atoms with Crippen LogP contribution in [0, 0.1) is 11.8 Å². The van der Waals surface area contributed by atoms with Crippen LogP contribution in [-0.4, -0.2) is 31.7 Å². The quantitative estimate of drug-likeness (QED) is 0.599. The van der Waals surface area contributed by atoms with Crippen molar-refractivity contribution in [3.8, 4) is 0 Å². The molecule has 0 aromatic heterocycles. The van der Waals surface area contributed by atoms with Gasteiger partial charge in [-0.15, -0.1) is 0 Å². The van der Waals surface area contributed by atoms with Gasteiger partial charge in [-0.2, -0.15) is 0 Å². The fraction of sp³-hybridized carbons (Fsp3) is 0.923. The van der Waals surface area contributed by atoms with E-state index < -0.39 is 0 Å². The highest BCUT2D eigenvalue weighted by Crippen LogP contribution is 2.28. The molecule has 1 atom stereocenters. The maximum Gasteiger partial charge on any atom is 0.236 e. The summed E-state index contributed by atoms with van der Waals surface area (Å²) in [6.45, 7) is 6.42. The Morgan fingerprint density at radius 1 is 1.47 bits per heavy atom. The van der Waals surface area contributed by atoms with Crippen LogP contribution in [0.25, 0.3) is 0 Å². The Morgan fingerprint density at radius 3 is 2.76 bits per heavy atom. The van der Waals surface area contributed by atoms with E-state index in [0.29, 0.717) is 12.5 Å². The second kappa shape index (κ2) is 7.67. The van der Waals surface area contributed by atoms with Crippen molar-refractivity contribution in [1.29, 1.82) is 0 Å². The summed E-state index contributed by atoms with van der Waals surface area (Å²) < 4.78 is 5.48. The third-order valence-electron chi connectivity index (χ3n) is 2.88. The molecule has 1 aliphatic carbocycles. The molecule has 3 N–H and O–H groups in total. The van der Waals surface area contributed by atoms with Crippen LogP contribution < -0.4 is 11.1 Å². The minimum atomic E-state index is -0.373. The van der Waals surface area contributed by atoms with Gasteiger partial charge in [0.05, 0.1) is 6.04 Å². The molecule has 1 amide bonds. The molecule has 1 aliphatic rings. The van der Waals surface area contributed by atoms with E-state index >= 15 is 0 Å². The molecule has 1 fully saturated rings. The van der Waals surface area contributed by atoms with Crippen molar-refractivity contribution in [3.63, 3.8) is 0 Å². The molecule has 0 bridgehead atoms.